The molecule has 2 rings (SSSR count). The zero-order valence-electron chi connectivity index (χ0n) is 13.7. The summed E-state index contributed by atoms with van der Waals surface area (Å²) in [6.45, 7) is 7.86. The summed E-state index contributed by atoms with van der Waals surface area (Å²) >= 11 is 7.22. The molecule has 23 heavy (non-hydrogen) atoms. The zero-order valence-corrected chi connectivity index (χ0v) is 15.3. The highest BCUT2D eigenvalue weighted by molar-refractivity contribution is 7.99. The summed E-state index contributed by atoms with van der Waals surface area (Å²) in [6.07, 6.45) is 0. The number of nitrogens with zero attached hydrogens (tertiary/aromatic N) is 2. The molecule has 0 spiro atoms. The van der Waals surface area contributed by atoms with Crippen LogP contribution in [0.3, 0.4) is 0 Å². The van der Waals surface area contributed by atoms with Crippen molar-refractivity contribution in [1.29, 1.82) is 0 Å². The Morgan fingerprint density at radius 2 is 1.74 bits per heavy atom. The van der Waals surface area contributed by atoms with Gasteiger partial charge in [-0.25, -0.2) is 9.97 Å². The molecule has 0 fully saturated rings. The average molecular weight is 350 g/mol. The number of thioether (sulfide) groups is 1. The first-order valence-corrected chi connectivity index (χ1v) is 8.72. The monoisotopic (exact) mass is 349 g/mol. The molecule has 1 aromatic heterocycles. The predicted molar refractivity (Wildman–Crippen MR) is 95.0 cm³/mol. The van der Waals surface area contributed by atoms with Crippen molar-refractivity contribution < 1.29 is 4.79 Å². The molecule has 1 atom stereocenters. The highest BCUT2D eigenvalue weighted by Crippen LogP contribution is 2.19. The lowest BCUT2D eigenvalue weighted by Crippen LogP contribution is -2.28. The van der Waals surface area contributed by atoms with E-state index in [2.05, 4.69) is 15.3 Å². The largest absolute Gasteiger partial charge is 0.349 e. The van der Waals surface area contributed by atoms with Crippen LogP contribution in [0.15, 0.2) is 29.4 Å². The zero-order chi connectivity index (χ0) is 17.0. The fourth-order valence-electron chi connectivity index (χ4n) is 2.05. The molecule has 6 heteroatoms. The molecule has 0 saturated carbocycles. The van der Waals surface area contributed by atoms with Crippen LogP contribution in [0, 0.1) is 20.8 Å². The van der Waals surface area contributed by atoms with Gasteiger partial charge in [-0.05, 0) is 51.0 Å². The summed E-state index contributed by atoms with van der Waals surface area (Å²) in [6, 6.07) is 7.40. The van der Waals surface area contributed by atoms with Gasteiger partial charge in [-0.1, -0.05) is 35.5 Å². The Hall–Kier alpha value is -1.59. The van der Waals surface area contributed by atoms with Crippen molar-refractivity contribution >= 4 is 29.3 Å². The smallest absolute Gasteiger partial charge is 0.230 e. The molecule has 2 aromatic rings. The fourth-order valence-corrected chi connectivity index (χ4v) is 2.93. The Labute approximate surface area is 146 Å². The second kappa shape index (κ2) is 7.79. The lowest BCUT2D eigenvalue weighted by atomic mass is 10.1. The standard InChI is InChI=1S/C17H20ClN3OS/c1-10-11(2)20-17(21-12(10)3)23-9-16(22)19-13(4)14-5-7-15(18)8-6-14/h5-8,13H,9H2,1-4H3,(H,19,22)/t13-/m0/s1. The van der Waals surface area contributed by atoms with Crippen LogP contribution in [0.5, 0.6) is 0 Å². The van der Waals surface area contributed by atoms with Gasteiger partial charge in [0.2, 0.25) is 5.91 Å². The summed E-state index contributed by atoms with van der Waals surface area (Å²) in [4.78, 5) is 20.9. The number of aryl methyl sites for hydroxylation is 2. The van der Waals surface area contributed by atoms with Crippen molar-refractivity contribution in [1.82, 2.24) is 15.3 Å². The van der Waals surface area contributed by atoms with Crippen LogP contribution in [0.1, 0.15) is 35.5 Å². The molecule has 1 amide bonds. The number of rotatable bonds is 5. The van der Waals surface area contributed by atoms with Crippen molar-refractivity contribution in [2.45, 2.75) is 38.9 Å². The van der Waals surface area contributed by atoms with Crippen LogP contribution in [-0.4, -0.2) is 21.6 Å². The molecule has 0 aliphatic carbocycles. The molecule has 0 aliphatic rings. The van der Waals surface area contributed by atoms with E-state index < -0.39 is 0 Å². The van der Waals surface area contributed by atoms with Crippen LogP contribution in [0.2, 0.25) is 5.02 Å². The third-order valence-corrected chi connectivity index (χ3v) is 4.79. The van der Waals surface area contributed by atoms with Crippen LogP contribution >= 0.6 is 23.4 Å². The van der Waals surface area contributed by atoms with E-state index in [0.717, 1.165) is 22.5 Å². The van der Waals surface area contributed by atoms with E-state index in [1.54, 1.807) is 0 Å². The van der Waals surface area contributed by atoms with Gasteiger partial charge in [0.05, 0.1) is 11.8 Å². The van der Waals surface area contributed by atoms with E-state index in [4.69, 9.17) is 11.6 Å². The van der Waals surface area contributed by atoms with Gasteiger partial charge >= 0.3 is 0 Å². The van der Waals surface area contributed by atoms with E-state index in [-0.39, 0.29) is 11.9 Å². The predicted octanol–water partition coefficient (Wildman–Crippen LogP) is 4.02. The molecule has 1 heterocycles. The van der Waals surface area contributed by atoms with Gasteiger partial charge in [-0.15, -0.1) is 0 Å². The minimum atomic E-state index is -0.0669. The van der Waals surface area contributed by atoms with Gasteiger partial charge in [-0.2, -0.15) is 0 Å². The Morgan fingerprint density at radius 1 is 1.17 bits per heavy atom. The number of amides is 1. The number of aromatic nitrogens is 2. The maximum Gasteiger partial charge on any atom is 0.230 e. The first kappa shape index (κ1) is 17.8. The number of hydrogen-bond acceptors (Lipinski definition) is 4. The molecule has 0 unspecified atom stereocenters. The van der Waals surface area contributed by atoms with Crippen molar-refractivity contribution in [3.05, 3.63) is 51.8 Å². The number of nitrogens with one attached hydrogen (secondary N) is 1. The average Bonchev–Trinajstić information content (AvgIpc) is 2.51. The Kier molecular flexibility index (Phi) is 6.02. The molecule has 0 aliphatic heterocycles. The number of carbonyl (C=O) groups is 1. The number of halogens is 1. The van der Waals surface area contributed by atoms with Gasteiger partial charge in [-0.3, -0.25) is 4.79 Å². The molecule has 0 saturated heterocycles. The molecule has 1 N–H and O–H groups in total. The van der Waals surface area contributed by atoms with Gasteiger partial charge < -0.3 is 5.32 Å². The Bertz CT molecular complexity index is 680. The molecule has 1 aromatic carbocycles. The van der Waals surface area contributed by atoms with Crippen LogP contribution in [-0.2, 0) is 4.79 Å². The second-order valence-corrected chi connectivity index (χ2v) is 6.81. The molecule has 0 radical (unpaired) electrons. The number of hydrogen-bond donors (Lipinski definition) is 1. The third kappa shape index (κ3) is 4.94. The summed E-state index contributed by atoms with van der Waals surface area (Å²) in [5.74, 6) is 0.247. The maximum atomic E-state index is 12.1. The van der Waals surface area contributed by atoms with Crippen molar-refractivity contribution in [3.63, 3.8) is 0 Å². The van der Waals surface area contributed by atoms with Gasteiger partial charge in [0.15, 0.2) is 5.16 Å². The fraction of sp³-hybridized carbons (Fsp3) is 0.353. The highest BCUT2D eigenvalue weighted by Gasteiger charge is 2.12. The summed E-state index contributed by atoms with van der Waals surface area (Å²) < 4.78 is 0. The summed E-state index contributed by atoms with van der Waals surface area (Å²) in [5, 5.41) is 4.29. The maximum absolute atomic E-state index is 12.1. The molecular formula is C17H20ClN3OS. The van der Waals surface area contributed by atoms with Crippen LogP contribution in [0.25, 0.3) is 0 Å². The van der Waals surface area contributed by atoms with E-state index in [1.807, 2.05) is 52.0 Å². The minimum absolute atomic E-state index is 0.0445. The topological polar surface area (TPSA) is 54.9 Å². The van der Waals surface area contributed by atoms with Crippen molar-refractivity contribution in [3.8, 4) is 0 Å². The normalized spacial score (nSPS) is 12.0. The van der Waals surface area contributed by atoms with Crippen molar-refractivity contribution in [2.24, 2.45) is 0 Å². The van der Waals surface area contributed by atoms with Gasteiger partial charge in [0.25, 0.3) is 0 Å². The Balaban J connectivity index is 1.91. The summed E-state index contributed by atoms with van der Waals surface area (Å²) in [5.41, 5.74) is 4.02. The van der Waals surface area contributed by atoms with Crippen LogP contribution in [0.4, 0.5) is 0 Å². The quantitative estimate of drug-likeness (QED) is 0.654. The Morgan fingerprint density at radius 3 is 2.30 bits per heavy atom. The molecule has 4 nitrogen and oxygen atoms in total. The second-order valence-electron chi connectivity index (χ2n) is 5.43. The summed E-state index contributed by atoms with van der Waals surface area (Å²) in [7, 11) is 0. The van der Waals surface area contributed by atoms with E-state index in [1.165, 1.54) is 11.8 Å². The van der Waals surface area contributed by atoms with Gasteiger partial charge in [0.1, 0.15) is 0 Å². The lowest BCUT2D eigenvalue weighted by Gasteiger charge is -2.14. The number of carbonyl (C=O) groups excluding carboxylic acids is 1. The molecular weight excluding hydrogens is 330 g/mol. The van der Waals surface area contributed by atoms with E-state index in [0.29, 0.717) is 15.9 Å². The minimum Gasteiger partial charge on any atom is -0.349 e. The van der Waals surface area contributed by atoms with Crippen LogP contribution < -0.4 is 5.32 Å². The van der Waals surface area contributed by atoms with Gasteiger partial charge in [0, 0.05) is 16.4 Å². The van der Waals surface area contributed by atoms with E-state index >= 15 is 0 Å². The first-order chi connectivity index (χ1) is 10.9. The molecule has 122 valence electrons. The van der Waals surface area contributed by atoms with Crippen molar-refractivity contribution in [2.75, 3.05) is 5.75 Å². The molecule has 0 bridgehead atoms. The van der Waals surface area contributed by atoms with E-state index in [9.17, 15) is 4.79 Å². The number of benzene rings is 1. The lowest BCUT2D eigenvalue weighted by molar-refractivity contribution is -0.119. The highest BCUT2D eigenvalue weighted by atomic mass is 35.5. The first-order valence-electron chi connectivity index (χ1n) is 7.36. The third-order valence-electron chi connectivity index (χ3n) is 3.69. The SMILES string of the molecule is Cc1nc(SCC(=O)N[C@@H](C)c2ccc(Cl)cc2)nc(C)c1C.